The second kappa shape index (κ2) is 14.8. The molecule has 2 aromatic heterocycles. The first-order valence-electron chi connectivity index (χ1n) is 16.2. The number of rotatable bonds is 7. The van der Waals surface area contributed by atoms with Crippen molar-refractivity contribution in [3.8, 4) is 11.3 Å². The molecule has 2 aliphatic heterocycles. The molecule has 1 atom stereocenters. The van der Waals surface area contributed by atoms with Crippen LogP contribution in [-0.4, -0.2) is 74.9 Å². The molecule has 5 aromatic rings. The molecule has 0 N–H and O–H groups in total. The Morgan fingerprint density at radius 3 is 2.43 bits per heavy atom. The molecule has 49 heavy (non-hydrogen) atoms. The predicted molar refractivity (Wildman–Crippen MR) is 182 cm³/mol. The fraction of sp³-hybridized carbons (Fsp3) is 0.289. The number of ether oxygens (including phenoxy) is 1. The average Bonchev–Trinajstić information content (AvgIpc) is 3.66. The maximum Gasteiger partial charge on any atom is 1.00 e. The summed E-state index contributed by atoms with van der Waals surface area (Å²) >= 11 is 0. The van der Waals surface area contributed by atoms with Crippen molar-refractivity contribution in [2.75, 3.05) is 37.7 Å². The zero-order valence-electron chi connectivity index (χ0n) is 28.4. The van der Waals surface area contributed by atoms with Crippen LogP contribution in [0.4, 0.5) is 15.8 Å². The number of aryl methyl sites for hydroxylation is 1. The Morgan fingerprint density at radius 2 is 1.71 bits per heavy atom. The van der Waals surface area contributed by atoms with Gasteiger partial charge in [-0.25, -0.2) is 4.39 Å². The van der Waals surface area contributed by atoms with Crippen LogP contribution in [0.25, 0.3) is 11.3 Å². The number of carbonyl (C=O) groups excluding carboxylic acids is 2. The number of fused-ring (bicyclic) bond motifs is 1. The van der Waals surface area contributed by atoms with E-state index in [1.807, 2.05) is 47.7 Å². The standard InChI is InChI=1S/C38H38FN6O3.Na/c1-26-34(38(47)45(30-11-5-4-6-12-30)32-22-40-41(2)24-32)21-36(42(26)3)35-20-29(39)13-14-33(35)37(46)44-23-28-10-8-7-9-27(28)19-31(44)25-43-15-17-48-18-16-43;/h5-14,20-22,24,31H,15-19,23,25H2,1-3H3;/q-1;+1/t31-;/m0./s1. The van der Waals surface area contributed by atoms with Gasteiger partial charge in [-0.2, -0.15) is 23.3 Å². The SMILES string of the molecule is Cc1c(C(=O)N(c2cc[c-]cc2)c2cnn(C)c2)cc(-c2cc(F)ccc2C(=O)N2Cc3ccccc3C[C@H]2CN2CCOCC2)n1C.[Na+]. The van der Waals surface area contributed by atoms with E-state index in [1.54, 1.807) is 53.3 Å². The fourth-order valence-electron chi connectivity index (χ4n) is 6.87. The van der Waals surface area contributed by atoms with E-state index in [1.165, 1.54) is 17.7 Å². The molecule has 1 fully saturated rings. The molecule has 0 saturated carbocycles. The van der Waals surface area contributed by atoms with Crippen LogP contribution in [0, 0.1) is 18.8 Å². The first-order chi connectivity index (χ1) is 23.3. The number of amides is 2. The molecule has 0 aliphatic carbocycles. The molecule has 0 unspecified atom stereocenters. The van der Waals surface area contributed by atoms with E-state index >= 15 is 4.39 Å². The first kappa shape index (κ1) is 34.8. The third-order valence-electron chi connectivity index (χ3n) is 9.55. The Morgan fingerprint density at radius 1 is 0.980 bits per heavy atom. The van der Waals surface area contributed by atoms with Gasteiger partial charge >= 0.3 is 29.6 Å². The van der Waals surface area contributed by atoms with Crippen LogP contribution in [0.5, 0.6) is 0 Å². The normalized spacial score (nSPS) is 16.2. The number of hydrogen-bond donors (Lipinski definition) is 0. The summed E-state index contributed by atoms with van der Waals surface area (Å²) in [6, 6.07) is 24.4. The number of benzene rings is 3. The van der Waals surface area contributed by atoms with Crippen molar-refractivity contribution < 1.29 is 48.3 Å². The molecule has 0 bridgehead atoms. The number of hydrogen-bond acceptors (Lipinski definition) is 5. The van der Waals surface area contributed by atoms with Gasteiger partial charge in [0.15, 0.2) is 0 Å². The van der Waals surface area contributed by atoms with Gasteiger partial charge in [0.2, 0.25) is 0 Å². The number of morpholine rings is 1. The quantitative estimate of drug-likeness (QED) is 0.197. The van der Waals surface area contributed by atoms with Crippen molar-refractivity contribution in [2.45, 2.75) is 25.9 Å². The van der Waals surface area contributed by atoms with Crippen molar-refractivity contribution in [3.05, 3.63) is 125 Å². The molecule has 4 heterocycles. The summed E-state index contributed by atoms with van der Waals surface area (Å²) < 4.78 is 24.1. The van der Waals surface area contributed by atoms with Gasteiger partial charge < -0.3 is 14.2 Å². The van der Waals surface area contributed by atoms with E-state index in [2.05, 4.69) is 28.2 Å². The molecule has 1 saturated heterocycles. The molecule has 9 nitrogen and oxygen atoms in total. The zero-order chi connectivity index (χ0) is 33.4. The number of anilines is 2. The Labute approximate surface area is 308 Å². The van der Waals surface area contributed by atoms with Crippen molar-refractivity contribution >= 4 is 23.2 Å². The van der Waals surface area contributed by atoms with Crippen LogP contribution < -0.4 is 34.5 Å². The van der Waals surface area contributed by atoms with Gasteiger partial charge in [0.1, 0.15) is 5.82 Å². The summed E-state index contributed by atoms with van der Waals surface area (Å²) in [6.07, 6.45) is 4.15. The summed E-state index contributed by atoms with van der Waals surface area (Å²) in [6.45, 7) is 6.03. The Hall–Kier alpha value is -4.06. The van der Waals surface area contributed by atoms with Crippen LogP contribution in [0.1, 0.15) is 37.5 Å². The van der Waals surface area contributed by atoms with E-state index in [-0.39, 0.29) is 47.4 Å². The molecule has 246 valence electrons. The number of carbonyl (C=O) groups is 2. The first-order valence-corrected chi connectivity index (χ1v) is 16.2. The maximum absolute atomic E-state index is 15.1. The monoisotopic (exact) mass is 668 g/mol. The van der Waals surface area contributed by atoms with Gasteiger partial charge in [-0.15, -0.1) is 12.1 Å². The number of nitrogens with zero attached hydrogens (tertiary/aromatic N) is 6. The van der Waals surface area contributed by atoms with Gasteiger partial charge in [-0.1, -0.05) is 30.0 Å². The largest absolute Gasteiger partial charge is 1.00 e. The topological polar surface area (TPSA) is 75.8 Å². The van der Waals surface area contributed by atoms with Crippen molar-refractivity contribution in [2.24, 2.45) is 14.1 Å². The van der Waals surface area contributed by atoms with E-state index in [0.717, 1.165) is 31.6 Å². The molecule has 2 amide bonds. The van der Waals surface area contributed by atoms with Crippen LogP contribution in [0.3, 0.4) is 0 Å². The summed E-state index contributed by atoms with van der Waals surface area (Å²) in [5, 5.41) is 4.29. The molecule has 0 spiro atoms. The summed E-state index contributed by atoms with van der Waals surface area (Å²) in [4.78, 5) is 34.9. The Kier molecular flexibility index (Phi) is 10.5. The van der Waals surface area contributed by atoms with Gasteiger partial charge in [0.05, 0.1) is 30.7 Å². The van der Waals surface area contributed by atoms with E-state index in [9.17, 15) is 9.59 Å². The van der Waals surface area contributed by atoms with Crippen molar-refractivity contribution in [1.82, 2.24) is 24.1 Å². The van der Waals surface area contributed by atoms with Gasteiger partial charge in [-0.05, 0) is 48.7 Å². The summed E-state index contributed by atoms with van der Waals surface area (Å²) in [7, 11) is 3.64. The minimum atomic E-state index is -0.459. The van der Waals surface area contributed by atoms with Crippen LogP contribution in [0.2, 0.25) is 0 Å². The Bertz CT molecular complexity index is 1970. The molecular weight excluding hydrogens is 630 g/mol. The smallest absolute Gasteiger partial charge is 0.379 e. The van der Waals surface area contributed by atoms with Gasteiger partial charge in [0.25, 0.3) is 11.8 Å². The second-order valence-electron chi connectivity index (χ2n) is 12.5. The van der Waals surface area contributed by atoms with Crippen molar-refractivity contribution in [1.29, 1.82) is 0 Å². The van der Waals surface area contributed by atoms with E-state index in [4.69, 9.17) is 4.74 Å². The minimum Gasteiger partial charge on any atom is -0.379 e. The van der Waals surface area contributed by atoms with Crippen LogP contribution in [0.15, 0.2) is 85.2 Å². The molecule has 0 radical (unpaired) electrons. The third-order valence-corrected chi connectivity index (χ3v) is 9.55. The zero-order valence-corrected chi connectivity index (χ0v) is 30.4. The predicted octanol–water partition coefficient (Wildman–Crippen LogP) is 2.56. The second-order valence-corrected chi connectivity index (χ2v) is 12.5. The molecule has 2 aliphatic rings. The van der Waals surface area contributed by atoms with Crippen molar-refractivity contribution in [3.63, 3.8) is 0 Å². The molecule has 3 aromatic carbocycles. The Balaban J connectivity index is 0.00000417. The summed E-state index contributed by atoms with van der Waals surface area (Å²) in [5.41, 5.74) is 6.16. The maximum atomic E-state index is 15.1. The third kappa shape index (κ3) is 7.02. The molecular formula is C38H38FN6NaO3. The number of halogens is 1. The van der Waals surface area contributed by atoms with E-state index in [0.29, 0.717) is 59.2 Å². The summed E-state index contributed by atoms with van der Waals surface area (Å²) in [5.74, 6) is -0.891. The van der Waals surface area contributed by atoms with Gasteiger partial charge in [0, 0.05) is 75.0 Å². The van der Waals surface area contributed by atoms with Gasteiger partial charge in [-0.3, -0.25) is 24.1 Å². The molecule has 11 heteroatoms. The fourth-order valence-corrected chi connectivity index (χ4v) is 6.87. The van der Waals surface area contributed by atoms with Crippen LogP contribution in [-0.2, 0) is 31.8 Å². The average molecular weight is 669 g/mol. The van der Waals surface area contributed by atoms with Crippen LogP contribution >= 0.6 is 0 Å². The number of aromatic nitrogens is 3. The molecule has 7 rings (SSSR count). The van der Waals surface area contributed by atoms with E-state index < -0.39 is 5.82 Å². The minimum absolute atomic E-state index is 0.